The van der Waals surface area contributed by atoms with Gasteiger partial charge in [-0.25, -0.2) is 0 Å². The van der Waals surface area contributed by atoms with Gasteiger partial charge in [0.25, 0.3) is 0 Å². The van der Waals surface area contributed by atoms with Crippen molar-refractivity contribution in [2.75, 3.05) is 0 Å². The van der Waals surface area contributed by atoms with Crippen LogP contribution in [0.1, 0.15) is 18.1 Å². The van der Waals surface area contributed by atoms with Crippen molar-refractivity contribution in [1.82, 2.24) is 0 Å². The zero-order valence-electron chi connectivity index (χ0n) is 7.79. The summed E-state index contributed by atoms with van der Waals surface area (Å²) in [4.78, 5) is 1.26. The zero-order chi connectivity index (χ0) is 9.14. The van der Waals surface area contributed by atoms with E-state index >= 15 is 0 Å². The Morgan fingerprint density at radius 1 is 1.25 bits per heavy atom. The predicted molar refractivity (Wildman–Crippen MR) is 55.4 cm³/mol. The van der Waals surface area contributed by atoms with E-state index in [4.69, 9.17) is 5.73 Å². The highest BCUT2D eigenvalue weighted by Gasteiger charge is 1.99. The molecule has 1 unspecified atom stereocenters. The molecule has 0 radical (unpaired) electrons. The van der Waals surface area contributed by atoms with Crippen molar-refractivity contribution in [2.24, 2.45) is 5.73 Å². The molecule has 0 aliphatic carbocycles. The highest BCUT2D eigenvalue weighted by Crippen LogP contribution is 2.22. The molecule has 0 saturated heterocycles. The van der Waals surface area contributed by atoms with Crippen molar-refractivity contribution in [1.29, 1.82) is 0 Å². The van der Waals surface area contributed by atoms with E-state index in [1.165, 1.54) is 16.0 Å². The van der Waals surface area contributed by atoms with E-state index in [0.29, 0.717) is 0 Å². The summed E-state index contributed by atoms with van der Waals surface area (Å²) in [5.41, 5.74) is 8.35. The van der Waals surface area contributed by atoms with Crippen molar-refractivity contribution >= 4 is 11.8 Å². The molecule has 2 N–H and O–H groups in total. The van der Waals surface area contributed by atoms with Crippen molar-refractivity contribution < 1.29 is 0 Å². The lowest BCUT2D eigenvalue weighted by Gasteiger charge is -2.06. The van der Waals surface area contributed by atoms with Gasteiger partial charge in [-0.3, -0.25) is 0 Å². The van der Waals surface area contributed by atoms with Gasteiger partial charge in [-0.15, -0.1) is 11.8 Å². The second-order valence-corrected chi connectivity index (χ2v) is 4.52. The van der Waals surface area contributed by atoms with E-state index in [1.54, 1.807) is 11.8 Å². The molecule has 12 heavy (non-hydrogen) atoms. The third-order valence-corrected chi connectivity index (χ3v) is 2.70. The molecule has 1 atom stereocenters. The highest BCUT2D eigenvalue weighted by molar-refractivity contribution is 7.99. The first kappa shape index (κ1) is 9.62. The third kappa shape index (κ3) is 2.54. The van der Waals surface area contributed by atoms with Gasteiger partial charge in [-0.2, -0.15) is 0 Å². The molecule has 0 amide bonds. The lowest BCUT2D eigenvalue weighted by molar-refractivity contribution is 1.04. The van der Waals surface area contributed by atoms with Crippen molar-refractivity contribution in [3.8, 4) is 0 Å². The number of aryl methyl sites for hydroxylation is 2. The van der Waals surface area contributed by atoms with E-state index in [1.807, 2.05) is 6.92 Å². The summed E-state index contributed by atoms with van der Waals surface area (Å²) in [7, 11) is 0. The summed E-state index contributed by atoms with van der Waals surface area (Å²) in [6.07, 6.45) is 0. The van der Waals surface area contributed by atoms with Crippen LogP contribution in [0.2, 0.25) is 0 Å². The summed E-state index contributed by atoms with van der Waals surface area (Å²) >= 11 is 1.70. The van der Waals surface area contributed by atoms with Gasteiger partial charge in [-0.1, -0.05) is 6.07 Å². The fourth-order valence-electron chi connectivity index (χ4n) is 1.00. The van der Waals surface area contributed by atoms with Crippen LogP contribution in [-0.2, 0) is 0 Å². The Morgan fingerprint density at radius 2 is 1.92 bits per heavy atom. The van der Waals surface area contributed by atoms with Crippen LogP contribution in [0.4, 0.5) is 0 Å². The average Bonchev–Trinajstić information content (AvgIpc) is 1.96. The molecule has 0 heterocycles. The summed E-state index contributed by atoms with van der Waals surface area (Å²) in [5, 5.41) is 0.173. The molecular formula is C10H15NS. The van der Waals surface area contributed by atoms with E-state index in [9.17, 15) is 0 Å². The predicted octanol–water partition coefficient (Wildman–Crippen LogP) is 2.70. The number of benzene rings is 1. The molecule has 1 aromatic rings. The first-order chi connectivity index (χ1) is 5.59. The first-order valence-corrected chi connectivity index (χ1v) is 4.97. The fourth-order valence-corrected chi connectivity index (χ4v) is 1.82. The van der Waals surface area contributed by atoms with Gasteiger partial charge in [0.1, 0.15) is 0 Å². The summed E-state index contributed by atoms with van der Waals surface area (Å²) in [5.74, 6) is 0. The standard InChI is InChI=1S/C10H15NS/c1-7-4-5-10(6-8(7)2)12-9(3)11/h4-6,9H,11H2,1-3H3. The molecular weight excluding hydrogens is 166 g/mol. The van der Waals surface area contributed by atoms with E-state index in [2.05, 4.69) is 32.0 Å². The van der Waals surface area contributed by atoms with Crippen LogP contribution in [0.3, 0.4) is 0 Å². The minimum Gasteiger partial charge on any atom is -0.319 e. The molecule has 66 valence electrons. The quantitative estimate of drug-likeness (QED) is 0.561. The van der Waals surface area contributed by atoms with E-state index < -0.39 is 0 Å². The van der Waals surface area contributed by atoms with Gasteiger partial charge >= 0.3 is 0 Å². The van der Waals surface area contributed by atoms with Crippen molar-refractivity contribution in [2.45, 2.75) is 31.0 Å². The normalized spacial score (nSPS) is 13.0. The Balaban J connectivity index is 2.82. The average molecular weight is 181 g/mol. The number of hydrogen-bond donors (Lipinski definition) is 1. The van der Waals surface area contributed by atoms with Gasteiger partial charge in [0.05, 0.1) is 5.37 Å². The van der Waals surface area contributed by atoms with Crippen LogP contribution in [0.25, 0.3) is 0 Å². The second kappa shape index (κ2) is 3.97. The van der Waals surface area contributed by atoms with Crippen LogP contribution >= 0.6 is 11.8 Å². The topological polar surface area (TPSA) is 26.0 Å². The smallest absolute Gasteiger partial charge is 0.0525 e. The van der Waals surface area contributed by atoms with E-state index in [-0.39, 0.29) is 5.37 Å². The Labute approximate surface area is 78.4 Å². The van der Waals surface area contributed by atoms with Gasteiger partial charge in [0.2, 0.25) is 0 Å². The summed E-state index contributed by atoms with van der Waals surface area (Å²) in [6.45, 7) is 6.25. The first-order valence-electron chi connectivity index (χ1n) is 4.09. The number of rotatable bonds is 2. The molecule has 1 aromatic carbocycles. The van der Waals surface area contributed by atoms with Crippen LogP contribution < -0.4 is 5.73 Å². The molecule has 0 fully saturated rings. The minimum absolute atomic E-state index is 0.173. The molecule has 0 aromatic heterocycles. The zero-order valence-corrected chi connectivity index (χ0v) is 8.61. The van der Waals surface area contributed by atoms with Crippen molar-refractivity contribution in [3.63, 3.8) is 0 Å². The maximum atomic E-state index is 5.68. The fraction of sp³-hybridized carbons (Fsp3) is 0.400. The molecule has 2 heteroatoms. The molecule has 0 saturated carbocycles. The summed E-state index contributed by atoms with van der Waals surface area (Å²) in [6, 6.07) is 6.44. The van der Waals surface area contributed by atoms with Crippen molar-refractivity contribution in [3.05, 3.63) is 29.3 Å². The molecule has 0 aliphatic heterocycles. The maximum Gasteiger partial charge on any atom is 0.0525 e. The Kier molecular flexibility index (Phi) is 3.18. The summed E-state index contributed by atoms with van der Waals surface area (Å²) < 4.78 is 0. The Bertz CT molecular complexity index is 269. The number of thioether (sulfide) groups is 1. The molecule has 1 rings (SSSR count). The van der Waals surface area contributed by atoms with E-state index in [0.717, 1.165) is 0 Å². The number of hydrogen-bond acceptors (Lipinski definition) is 2. The Morgan fingerprint density at radius 3 is 2.42 bits per heavy atom. The molecule has 1 nitrogen and oxygen atoms in total. The molecule has 0 bridgehead atoms. The second-order valence-electron chi connectivity index (χ2n) is 3.07. The van der Waals surface area contributed by atoms with Gasteiger partial charge in [0, 0.05) is 4.90 Å². The Hall–Kier alpha value is -0.470. The molecule has 0 aliphatic rings. The molecule has 0 spiro atoms. The lowest BCUT2D eigenvalue weighted by Crippen LogP contribution is -2.08. The van der Waals surface area contributed by atoms with Crippen LogP contribution in [0.15, 0.2) is 23.1 Å². The third-order valence-electron chi connectivity index (χ3n) is 1.80. The van der Waals surface area contributed by atoms with Gasteiger partial charge in [-0.05, 0) is 44.0 Å². The van der Waals surface area contributed by atoms with Gasteiger partial charge in [0.15, 0.2) is 0 Å². The minimum atomic E-state index is 0.173. The number of nitrogens with two attached hydrogens (primary N) is 1. The van der Waals surface area contributed by atoms with Crippen LogP contribution in [0, 0.1) is 13.8 Å². The van der Waals surface area contributed by atoms with Crippen LogP contribution in [0.5, 0.6) is 0 Å². The lowest BCUT2D eigenvalue weighted by atomic mass is 10.1. The maximum absolute atomic E-state index is 5.68. The van der Waals surface area contributed by atoms with Gasteiger partial charge < -0.3 is 5.73 Å². The largest absolute Gasteiger partial charge is 0.319 e. The van der Waals surface area contributed by atoms with Crippen LogP contribution in [-0.4, -0.2) is 5.37 Å². The monoisotopic (exact) mass is 181 g/mol. The SMILES string of the molecule is Cc1ccc(SC(C)N)cc1C. The highest BCUT2D eigenvalue weighted by atomic mass is 32.2.